The summed E-state index contributed by atoms with van der Waals surface area (Å²) in [6.45, 7) is 0. The van der Waals surface area contributed by atoms with Gasteiger partial charge in [0.2, 0.25) is 5.76 Å². The lowest BCUT2D eigenvalue weighted by Crippen LogP contribution is -2.36. The van der Waals surface area contributed by atoms with Crippen LogP contribution in [0.2, 0.25) is 0 Å². The molecule has 4 rings (SSSR count). The number of nitrogens with one attached hydrogen (secondary N) is 1. The minimum absolute atomic E-state index is 0.0548. The third kappa shape index (κ3) is 4.20. The van der Waals surface area contributed by atoms with E-state index in [9.17, 15) is 19.2 Å². The number of carbonyl (C=O) groups excluding carboxylic acids is 1. The molecule has 1 N–H and O–H groups in total. The SMILES string of the molecule is Cn1c(=O)oc2ccc(-c3ccc(C[C@H](C#N)NC(=O)C4=CN=CC=CO4)cc3F)cc21. The van der Waals surface area contributed by atoms with E-state index in [4.69, 9.17) is 9.15 Å². The summed E-state index contributed by atoms with van der Waals surface area (Å²) < 4.78 is 26.5. The van der Waals surface area contributed by atoms with E-state index in [-0.39, 0.29) is 12.2 Å². The van der Waals surface area contributed by atoms with Gasteiger partial charge in [-0.3, -0.25) is 14.4 Å². The molecule has 32 heavy (non-hydrogen) atoms. The molecule has 2 aromatic carbocycles. The molecule has 0 saturated heterocycles. The number of ether oxygens (including phenoxy) is 1. The lowest BCUT2D eigenvalue weighted by molar-refractivity contribution is -0.120. The Morgan fingerprint density at radius 2 is 2.16 bits per heavy atom. The van der Waals surface area contributed by atoms with Gasteiger partial charge in [-0.15, -0.1) is 0 Å². The first-order chi connectivity index (χ1) is 15.5. The van der Waals surface area contributed by atoms with Gasteiger partial charge in [-0.05, 0) is 35.4 Å². The zero-order valence-electron chi connectivity index (χ0n) is 16.9. The summed E-state index contributed by atoms with van der Waals surface area (Å²) in [6, 6.07) is 10.6. The van der Waals surface area contributed by atoms with Crippen molar-refractivity contribution in [2.75, 3.05) is 0 Å². The van der Waals surface area contributed by atoms with Crippen molar-refractivity contribution >= 4 is 23.2 Å². The van der Waals surface area contributed by atoms with Gasteiger partial charge in [-0.1, -0.05) is 18.2 Å². The second kappa shape index (κ2) is 8.73. The van der Waals surface area contributed by atoms with Crippen molar-refractivity contribution in [1.29, 1.82) is 5.26 Å². The molecule has 1 aromatic heterocycles. The standard InChI is InChI=1S/C23H17FN4O4/c1-28-19-11-15(4-6-20(19)32-23(28)30)17-5-3-14(10-18(17)24)9-16(12-25)27-22(29)21-13-26-7-2-8-31-21/h2-8,10-11,13,16H,9H2,1H3,(H,27,29)/t16-/m1/s1. The van der Waals surface area contributed by atoms with Crippen LogP contribution in [0, 0.1) is 17.1 Å². The van der Waals surface area contributed by atoms with E-state index in [0.29, 0.717) is 27.8 Å². The molecule has 1 amide bonds. The Kier molecular flexibility index (Phi) is 5.68. The third-order valence-corrected chi connectivity index (χ3v) is 4.90. The first kappa shape index (κ1) is 20.8. The van der Waals surface area contributed by atoms with Gasteiger partial charge in [-0.2, -0.15) is 5.26 Å². The number of hydrogen-bond acceptors (Lipinski definition) is 6. The highest BCUT2D eigenvalue weighted by Crippen LogP contribution is 2.27. The lowest BCUT2D eigenvalue weighted by Gasteiger charge is -2.13. The van der Waals surface area contributed by atoms with Crippen molar-refractivity contribution in [1.82, 2.24) is 9.88 Å². The molecule has 3 aromatic rings. The Morgan fingerprint density at radius 1 is 1.31 bits per heavy atom. The van der Waals surface area contributed by atoms with Crippen LogP contribution in [0.25, 0.3) is 22.2 Å². The molecule has 8 nitrogen and oxygen atoms in total. The molecule has 0 aliphatic carbocycles. The fourth-order valence-electron chi connectivity index (χ4n) is 3.26. The van der Waals surface area contributed by atoms with Gasteiger partial charge in [0.25, 0.3) is 5.91 Å². The van der Waals surface area contributed by atoms with Crippen LogP contribution in [-0.4, -0.2) is 22.7 Å². The van der Waals surface area contributed by atoms with Gasteiger partial charge in [0.1, 0.15) is 11.9 Å². The normalized spacial score (nSPS) is 13.7. The summed E-state index contributed by atoms with van der Waals surface area (Å²) in [6.07, 6.45) is 5.62. The maximum Gasteiger partial charge on any atom is 0.419 e. The minimum Gasteiger partial charge on any atom is -0.458 e. The van der Waals surface area contributed by atoms with Crippen molar-refractivity contribution in [2.45, 2.75) is 12.5 Å². The van der Waals surface area contributed by atoms with E-state index in [1.807, 2.05) is 6.07 Å². The molecule has 9 heteroatoms. The van der Waals surface area contributed by atoms with E-state index in [1.54, 1.807) is 37.4 Å². The number of fused-ring (bicyclic) bond motifs is 1. The number of carbonyl (C=O) groups is 1. The summed E-state index contributed by atoms with van der Waals surface area (Å²) >= 11 is 0. The molecule has 2 heterocycles. The number of nitrogens with zero attached hydrogens (tertiary/aromatic N) is 3. The van der Waals surface area contributed by atoms with Crippen molar-refractivity contribution < 1.29 is 18.3 Å². The topological polar surface area (TPSA) is 110 Å². The van der Waals surface area contributed by atoms with Crippen molar-refractivity contribution in [3.63, 3.8) is 0 Å². The number of benzene rings is 2. The Hall–Kier alpha value is -4.45. The van der Waals surface area contributed by atoms with Crippen LogP contribution in [0.1, 0.15) is 5.56 Å². The van der Waals surface area contributed by atoms with E-state index >= 15 is 0 Å². The summed E-state index contributed by atoms with van der Waals surface area (Å²) in [5.74, 6) is -1.64. The summed E-state index contributed by atoms with van der Waals surface area (Å²) in [5.41, 5.74) is 2.42. The van der Waals surface area contributed by atoms with Crippen molar-refractivity contribution in [3.05, 3.63) is 82.6 Å². The number of aryl methyl sites for hydroxylation is 1. The van der Waals surface area contributed by atoms with Crippen LogP contribution in [0.5, 0.6) is 0 Å². The lowest BCUT2D eigenvalue weighted by atomic mass is 10.00. The molecule has 160 valence electrons. The molecule has 1 atom stereocenters. The Labute approximate surface area is 181 Å². The number of amides is 1. The summed E-state index contributed by atoms with van der Waals surface area (Å²) in [5, 5.41) is 12.0. The van der Waals surface area contributed by atoms with E-state index < -0.39 is 23.5 Å². The fraction of sp³-hybridized carbons (Fsp3) is 0.130. The van der Waals surface area contributed by atoms with Gasteiger partial charge in [-0.25, -0.2) is 9.18 Å². The fourth-order valence-corrected chi connectivity index (χ4v) is 3.26. The van der Waals surface area contributed by atoms with Crippen LogP contribution in [-0.2, 0) is 23.0 Å². The highest BCUT2D eigenvalue weighted by Gasteiger charge is 2.18. The molecular formula is C23H17FN4O4. The van der Waals surface area contributed by atoms with Gasteiger partial charge in [0.05, 0.1) is 24.0 Å². The van der Waals surface area contributed by atoms with E-state index in [0.717, 1.165) is 0 Å². The predicted molar refractivity (Wildman–Crippen MR) is 115 cm³/mol. The second-order valence-corrected chi connectivity index (χ2v) is 7.02. The molecular weight excluding hydrogens is 415 g/mol. The van der Waals surface area contributed by atoms with E-state index in [1.165, 1.54) is 35.4 Å². The highest BCUT2D eigenvalue weighted by atomic mass is 19.1. The maximum atomic E-state index is 14.9. The number of aliphatic imine (C=N–C) groups is 1. The Morgan fingerprint density at radius 3 is 2.94 bits per heavy atom. The van der Waals surface area contributed by atoms with Crippen LogP contribution >= 0.6 is 0 Å². The quantitative estimate of drug-likeness (QED) is 0.667. The maximum absolute atomic E-state index is 14.9. The van der Waals surface area contributed by atoms with Gasteiger partial charge >= 0.3 is 5.76 Å². The summed E-state index contributed by atoms with van der Waals surface area (Å²) in [4.78, 5) is 27.8. The monoisotopic (exact) mass is 432 g/mol. The van der Waals surface area contributed by atoms with Gasteiger partial charge < -0.3 is 14.5 Å². The van der Waals surface area contributed by atoms with Crippen molar-refractivity contribution in [2.24, 2.45) is 12.0 Å². The molecule has 0 spiro atoms. The predicted octanol–water partition coefficient (Wildman–Crippen LogP) is 2.94. The molecule has 1 aliphatic rings. The number of oxazole rings is 1. The molecule has 0 radical (unpaired) electrons. The first-order valence-electron chi connectivity index (χ1n) is 9.60. The zero-order valence-corrected chi connectivity index (χ0v) is 16.9. The molecule has 0 saturated carbocycles. The summed E-state index contributed by atoms with van der Waals surface area (Å²) in [7, 11) is 1.58. The number of rotatable bonds is 5. The number of nitriles is 1. The molecule has 0 bridgehead atoms. The van der Waals surface area contributed by atoms with Gasteiger partial charge in [0.15, 0.2) is 5.58 Å². The van der Waals surface area contributed by atoms with Crippen LogP contribution < -0.4 is 11.1 Å². The van der Waals surface area contributed by atoms with Crippen molar-refractivity contribution in [3.8, 4) is 17.2 Å². The number of hydrogen-bond donors (Lipinski definition) is 1. The average molecular weight is 432 g/mol. The smallest absolute Gasteiger partial charge is 0.419 e. The molecule has 0 fully saturated rings. The average Bonchev–Trinajstić information content (AvgIpc) is 2.96. The van der Waals surface area contributed by atoms with Crippen LogP contribution in [0.15, 0.2) is 74.9 Å². The Balaban J connectivity index is 1.52. The van der Waals surface area contributed by atoms with E-state index in [2.05, 4.69) is 10.3 Å². The van der Waals surface area contributed by atoms with Crippen LogP contribution in [0.3, 0.4) is 0 Å². The number of halogens is 1. The zero-order chi connectivity index (χ0) is 22.7. The number of aromatic nitrogens is 1. The van der Waals surface area contributed by atoms with Gasteiger partial charge in [0, 0.05) is 25.2 Å². The molecule has 1 aliphatic heterocycles. The first-order valence-corrected chi connectivity index (χ1v) is 9.60. The third-order valence-electron chi connectivity index (χ3n) is 4.90. The minimum atomic E-state index is -0.898. The number of allylic oxidation sites excluding steroid dienone is 1. The largest absolute Gasteiger partial charge is 0.458 e. The second-order valence-electron chi connectivity index (χ2n) is 7.02. The van der Waals surface area contributed by atoms with Crippen LogP contribution in [0.4, 0.5) is 4.39 Å². The Bertz CT molecular complexity index is 1390. The highest BCUT2D eigenvalue weighted by molar-refractivity contribution is 5.92. The molecule has 0 unspecified atom stereocenters.